The van der Waals surface area contributed by atoms with Gasteiger partial charge < -0.3 is 0 Å². The van der Waals surface area contributed by atoms with Crippen molar-refractivity contribution in [3.8, 4) is 0 Å². The maximum absolute atomic E-state index is 2.74. The van der Waals surface area contributed by atoms with Crippen LogP contribution in [0, 0.1) is 0 Å². The van der Waals surface area contributed by atoms with Crippen LogP contribution in [0.15, 0.2) is 0 Å². The van der Waals surface area contributed by atoms with Gasteiger partial charge in [0, 0.05) is 26.2 Å². The lowest BCUT2D eigenvalue weighted by molar-refractivity contribution is 0.432. The maximum Gasteiger partial charge on any atom is 0.0658 e. The van der Waals surface area contributed by atoms with Crippen LogP contribution in [0.1, 0.15) is 69.2 Å². The highest BCUT2D eigenvalue weighted by atomic mass is 32.1. The Balaban J connectivity index is 5.76. The third-order valence-electron chi connectivity index (χ3n) is 3.42. The molecule has 0 amide bonds. The summed E-state index contributed by atoms with van der Waals surface area (Å²) in [6, 6.07) is 0. The molecular weight excluding hydrogens is 282 g/mol. The SMILES string of the molecule is CCN(CC)P(N(CC)CC)P(C(C)(C)C)C(C)(C)C. The van der Waals surface area contributed by atoms with E-state index < -0.39 is 0 Å². The van der Waals surface area contributed by atoms with Crippen LogP contribution in [0.2, 0.25) is 0 Å². The number of nitrogens with zero attached hydrogens (tertiary/aromatic N) is 2. The molecule has 0 aromatic heterocycles. The van der Waals surface area contributed by atoms with Gasteiger partial charge in [-0.05, 0) is 17.9 Å². The molecule has 2 nitrogen and oxygen atoms in total. The van der Waals surface area contributed by atoms with E-state index in [4.69, 9.17) is 0 Å². The Morgan fingerprint density at radius 3 is 1.00 bits per heavy atom. The highest BCUT2D eigenvalue weighted by molar-refractivity contribution is 8.29. The summed E-state index contributed by atoms with van der Waals surface area (Å²) >= 11 is 0. The van der Waals surface area contributed by atoms with Gasteiger partial charge in [-0.15, -0.1) is 0 Å². The zero-order valence-electron chi connectivity index (χ0n) is 15.6. The summed E-state index contributed by atoms with van der Waals surface area (Å²) < 4.78 is 5.48. The van der Waals surface area contributed by atoms with E-state index in [0.717, 1.165) is 0 Å². The van der Waals surface area contributed by atoms with Gasteiger partial charge in [0.05, 0.1) is 7.91 Å². The van der Waals surface area contributed by atoms with Gasteiger partial charge in [-0.2, -0.15) is 0 Å². The van der Waals surface area contributed by atoms with Gasteiger partial charge in [0.1, 0.15) is 0 Å². The smallest absolute Gasteiger partial charge is 0.0658 e. The molecule has 0 N–H and O–H groups in total. The van der Waals surface area contributed by atoms with Crippen molar-refractivity contribution in [1.29, 1.82) is 0 Å². The summed E-state index contributed by atoms with van der Waals surface area (Å²) in [5.41, 5.74) is 0. The number of hydrogen-bond acceptors (Lipinski definition) is 2. The van der Waals surface area contributed by atoms with Crippen LogP contribution in [0.25, 0.3) is 0 Å². The van der Waals surface area contributed by atoms with Crippen LogP contribution >= 0.6 is 15.5 Å². The van der Waals surface area contributed by atoms with Crippen LogP contribution in [-0.2, 0) is 0 Å². The van der Waals surface area contributed by atoms with Gasteiger partial charge in [0.25, 0.3) is 0 Å². The molecule has 0 spiro atoms. The van der Waals surface area contributed by atoms with Gasteiger partial charge in [0.15, 0.2) is 0 Å². The van der Waals surface area contributed by atoms with E-state index in [0.29, 0.717) is 10.3 Å². The minimum atomic E-state index is -0.196. The van der Waals surface area contributed by atoms with Crippen LogP contribution in [-0.4, -0.2) is 45.8 Å². The molecular formula is C16H38N2P2. The zero-order chi connectivity index (χ0) is 16.1. The van der Waals surface area contributed by atoms with Gasteiger partial charge in [0.2, 0.25) is 0 Å². The Morgan fingerprint density at radius 2 is 0.850 bits per heavy atom. The van der Waals surface area contributed by atoms with Crippen molar-refractivity contribution in [2.45, 2.75) is 79.5 Å². The molecule has 0 heterocycles. The number of rotatable bonds is 7. The fourth-order valence-corrected chi connectivity index (χ4v) is 14.1. The largest absolute Gasteiger partial charge is 0.267 e. The molecule has 0 unspecified atom stereocenters. The Kier molecular flexibility index (Phi) is 8.75. The topological polar surface area (TPSA) is 6.48 Å². The van der Waals surface area contributed by atoms with Crippen LogP contribution < -0.4 is 0 Å². The molecule has 0 aliphatic carbocycles. The fourth-order valence-electron chi connectivity index (χ4n) is 2.93. The average molecular weight is 320 g/mol. The fraction of sp³-hybridized carbons (Fsp3) is 1.00. The van der Waals surface area contributed by atoms with Crippen LogP contribution in [0.3, 0.4) is 0 Å². The minimum absolute atomic E-state index is 0.0916. The highest BCUT2D eigenvalue weighted by Crippen LogP contribution is 2.82. The zero-order valence-corrected chi connectivity index (χ0v) is 17.4. The minimum Gasteiger partial charge on any atom is -0.267 e. The summed E-state index contributed by atoms with van der Waals surface area (Å²) in [5.74, 6) is 0. The predicted octanol–water partition coefficient (Wildman–Crippen LogP) is 5.98. The van der Waals surface area contributed by atoms with Gasteiger partial charge >= 0.3 is 0 Å². The normalized spacial score (nSPS) is 14.1. The summed E-state index contributed by atoms with van der Waals surface area (Å²) in [6.45, 7) is 28.7. The Bertz CT molecular complexity index is 235. The quantitative estimate of drug-likeness (QED) is 0.533. The first-order valence-electron chi connectivity index (χ1n) is 8.14. The summed E-state index contributed by atoms with van der Waals surface area (Å²) in [5, 5.41) is 0.787. The molecule has 0 aromatic carbocycles. The molecule has 0 saturated carbocycles. The molecule has 0 atom stereocenters. The molecule has 0 rings (SSSR count). The van der Waals surface area contributed by atoms with Crippen molar-refractivity contribution in [2.24, 2.45) is 0 Å². The average Bonchev–Trinajstić information content (AvgIpc) is 2.28. The lowest BCUT2D eigenvalue weighted by atomic mass is 10.2. The standard InChI is InChI=1S/C16H38N2P2/c1-11-17(12-2)20(18(13-3)14-4)19(15(5,6)7)16(8,9)10/h11-14H2,1-10H3. The van der Waals surface area contributed by atoms with Gasteiger partial charge in [-0.1, -0.05) is 69.2 Å². The second-order valence-electron chi connectivity index (χ2n) is 7.20. The molecule has 0 aromatic rings. The van der Waals surface area contributed by atoms with Crippen molar-refractivity contribution in [1.82, 2.24) is 9.34 Å². The summed E-state index contributed by atoms with van der Waals surface area (Å²) in [4.78, 5) is 0. The molecule has 0 aliphatic rings. The molecule has 0 aliphatic heterocycles. The monoisotopic (exact) mass is 320 g/mol. The van der Waals surface area contributed by atoms with E-state index in [-0.39, 0.29) is 15.5 Å². The van der Waals surface area contributed by atoms with E-state index in [2.05, 4.69) is 78.6 Å². The second-order valence-corrected chi connectivity index (χ2v) is 14.4. The maximum atomic E-state index is 2.74. The van der Waals surface area contributed by atoms with Gasteiger partial charge in [-0.25, -0.2) is 0 Å². The molecule has 0 fully saturated rings. The van der Waals surface area contributed by atoms with Crippen molar-refractivity contribution < 1.29 is 0 Å². The lowest BCUT2D eigenvalue weighted by Gasteiger charge is -2.52. The lowest BCUT2D eigenvalue weighted by Crippen LogP contribution is -2.34. The molecule has 122 valence electrons. The van der Waals surface area contributed by atoms with Crippen molar-refractivity contribution >= 4 is 15.5 Å². The number of hydrogen-bond donors (Lipinski definition) is 0. The van der Waals surface area contributed by atoms with E-state index in [1.54, 1.807) is 0 Å². The predicted molar refractivity (Wildman–Crippen MR) is 99.2 cm³/mol. The van der Waals surface area contributed by atoms with E-state index in [9.17, 15) is 0 Å². The van der Waals surface area contributed by atoms with Crippen molar-refractivity contribution in [3.05, 3.63) is 0 Å². The Labute approximate surface area is 131 Å². The Morgan fingerprint density at radius 1 is 0.600 bits per heavy atom. The molecule has 0 radical (unpaired) electrons. The van der Waals surface area contributed by atoms with Crippen LogP contribution in [0.4, 0.5) is 0 Å². The molecule has 4 heteroatoms. The van der Waals surface area contributed by atoms with Crippen molar-refractivity contribution in [3.63, 3.8) is 0 Å². The second kappa shape index (κ2) is 8.42. The highest BCUT2D eigenvalue weighted by Gasteiger charge is 2.44. The summed E-state index contributed by atoms with van der Waals surface area (Å²) in [7, 11) is -0.288. The summed E-state index contributed by atoms with van der Waals surface area (Å²) in [6.07, 6.45) is 0. The molecule has 0 saturated heterocycles. The van der Waals surface area contributed by atoms with E-state index in [1.165, 1.54) is 26.2 Å². The Hall–Kier alpha value is 0.780. The molecule has 20 heavy (non-hydrogen) atoms. The first-order chi connectivity index (χ1) is 9.04. The first-order valence-corrected chi connectivity index (χ1v) is 11.4. The van der Waals surface area contributed by atoms with E-state index >= 15 is 0 Å². The van der Waals surface area contributed by atoms with Gasteiger partial charge in [-0.3, -0.25) is 9.34 Å². The van der Waals surface area contributed by atoms with Crippen LogP contribution in [0.5, 0.6) is 0 Å². The van der Waals surface area contributed by atoms with Crippen molar-refractivity contribution in [2.75, 3.05) is 26.2 Å². The third kappa shape index (κ3) is 5.53. The van der Waals surface area contributed by atoms with E-state index in [1.807, 2.05) is 0 Å². The molecule has 0 bridgehead atoms. The first kappa shape index (κ1) is 20.8. The third-order valence-corrected chi connectivity index (χ3v) is 14.6.